The zero-order chi connectivity index (χ0) is 11.6. The Labute approximate surface area is 95.5 Å². The first-order valence-corrected chi connectivity index (χ1v) is 7.12. The molecule has 1 aromatic rings. The molecule has 2 rings (SSSR count). The van der Waals surface area contributed by atoms with E-state index >= 15 is 0 Å². The fraction of sp³-hybridized carbons (Fsp3) is 0.455. The molecule has 0 spiro atoms. The fourth-order valence-electron chi connectivity index (χ4n) is 1.70. The molecule has 0 amide bonds. The van der Waals surface area contributed by atoms with Crippen LogP contribution in [0.25, 0.3) is 0 Å². The van der Waals surface area contributed by atoms with Crippen LogP contribution in [0.2, 0.25) is 0 Å². The van der Waals surface area contributed by atoms with Gasteiger partial charge in [-0.25, -0.2) is 8.42 Å². The zero-order valence-electron chi connectivity index (χ0n) is 9.14. The van der Waals surface area contributed by atoms with E-state index in [0.717, 1.165) is 19.5 Å². The van der Waals surface area contributed by atoms with E-state index in [0.29, 0.717) is 10.6 Å². The molecule has 0 aromatic heterocycles. The van der Waals surface area contributed by atoms with Crippen LogP contribution in [-0.4, -0.2) is 33.9 Å². The van der Waals surface area contributed by atoms with Crippen molar-refractivity contribution in [2.45, 2.75) is 17.4 Å². The van der Waals surface area contributed by atoms with Gasteiger partial charge in [0.15, 0.2) is 9.84 Å². The Morgan fingerprint density at radius 1 is 1.44 bits per heavy atom. The molecule has 0 bridgehead atoms. The molecule has 1 N–H and O–H groups in total. The van der Waals surface area contributed by atoms with Crippen LogP contribution in [0.1, 0.15) is 6.42 Å². The van der Waals surface area contributed by atoms with Crippen molar-refractivity contribution >= 4 is 9.84 Å². The molecule has 1 aliphatic heterocycles. The van der Waals surface area contributed by atoms with Crippen LogP contribution >= 0.6 is 0 Å². The van der Waals surface area contributed by atoms with Gasteiger partial charge in [0.05, 0.1) is 4.90 Å². The molecule has 88 valence electrons. The van der Waals surface area contributed by atoms with Gasteiger partial charge in [0.25, 0.3) is 0 Å². The van der Waals surface area contributed by atoms with E-state index in [1.165, 1.54) is 6.26 Å². The highest BCUT2D eigenvalue weighted by molar-refractivity contribution is 7.90. The summed E-state index contributed by atoms with van der Waals surface area (Å²) in [6.07, 6.45) is 2.31. The maximum absolute atomic E-state index is 11.4. The Hall–Kier alpha value is -1.07. The monoisotopic (exact) mass is 241 g/mol. The summed E-state index contributed by atoms with van der Waals surface area (Å²) in [4.78, 5) is 0.302. The molecule has 0 saturated carbocycles. The average Bonchev–Trinajstić information content (AvgIpc) is 2.70. The molecule has 5 heteroatoms. The number of sulfone groups is 1. The number of hydrogen-bond donors (Lipinski definition) is 1. The van der Waals surface area contributed by atoms with Gasteiger partial charge in [0, 0.05) is 12.8 Å². The first kappa shape index (κ1) is 11.4. The van der Waals surface area contributed by atoms with Gasteiger partial charge in [-0.15, -0.1) is 0 Å². The summed E-state index contributed by atoms with van der Waals surface area (Å²) in [7, 11) is -3.15. The van der Waals surface area contributed by atoms with Gasteiger partial charge in [0.2, 0.25) is 0 Å². The molecule has 1 atom stereocenters. The van der Waals surface area contributed by atoms with E-state index in [4.69, 9.17) is 4.74 Å². The van der Waals surface area contributed by atoms with Crippen molar-refractivity contribution in [3.05, 3.63) is 24.3 Å². The Balaban J connectivity index is 2.16. The summed E-state index contributed by atoms with van der Waals surface area (Å²) in [6.45, 7) is 1.78. The minimum Gasteiger partial charge on any atom is -0.489 e. The van der Waals surface area contributed by atoms with E-state index in [9.17, 15) is 8.42 Å². The van der Waals surface area contributed by atoms with Gasteiger partial charge in [-0.05, 0) is 31.2 Å². The molecular weight excluding hydrogens is 226 g/mol. The number of ether oxygens (including phenoxy) is 1. The lowest BCUT2D eigenvalue weighted by Crippen LogP contribution is -2.19. The Kier molecular flexibility index (Phi) is 3.16. The van der Waals surface area contributed by atoms with Gasteiger partial charge >= 0.3 is 0 Å². The molecule has 1 aliphatic rings. The third-order valence-electron chi connectivity index (χ3n) is 2.55. The van der Waals surface area contributed by atoms with Gasteiger partial charge < -0.3 is 10.1 Å². The van der Waals surface area contributed by atoms with Crippen LogP contribution < -0.4 is 10.1 Å². The molecule has 1 aromatic carbocycles. The predicted molar refractivity (Wildman–Crippen MR) is 61.5 cm³/mol. The maximum Gasteiger partial charge on any atom is 0.175 e. The van der Waals surface area contributed by atoms with Crippen LogP contribution in [0.5, 0.6) is 5.75 Å². The van der Waals surface area contributed by atoms with Crippen LogP contribution in [0, 0.1) is 0 Å². The number of hydrogen-bond acceptors (Lipinski definition) is 4. The molecular formula is C11H15NO3S. The van der Waals surface area contributed by atoms with Crippen molar-refractivity contribution in [2.75, 3.05) is 19.3 Å². The second-order valence-electron chi connectivity index (χ2n) is 3.98. The minimum absolute atomic E-state index is 0.148. The van der Waals surface area contributed by atoms with E-state index in [-0.39, 0.29) is 6.10 Å². The molecule has 16 heavy (non-hydrogen) atoms. The quantitative estimate of drug-likeness (QED) is 0.851. The normalized spacial score (nSPS) is 20.9. The van der Waals surface area contributed by atoms with Crippen molar-refractivity contribution < 1.29 is 13.2 Å². The highest BCUT2D eigenvalue weighted by Crippen LogP contribution is 2.19. The smallest absolute Gasteiger partial charge is 0.175 e. The highest BCUT2D eigenvalue weighted by atomic mass is 32.2. The minimum atomic E-state index is -3.15. The lowest BCUT2D eigenvalue weighted by Gasteiger charge is -2.12. The highest BCUT2D eigenvalue weighted by Gasteiger charge is 2.16. The van der Waals surface area contributed by atoms with Crippen molar-refractivity contribution in [1.82, 2.24) is 5.32 Å². The van der Waals surface area contributed by atoms with Crippen LogP contribution in [0.4, 0.5) is 0 Å². The molecule has 0 unspecified atom stereocenters. The molecule has 1 saturated heterocycles. The zero-order valence-corrected chi connectivity index (χ0v) is 9.96. The Bertz CT molecular complexity index is 464. The lowest BCUT2D eigenvalue weighted by molar-refractivity contribution is 0.222. The van der Waals surface area contributed by atoms with Crippen molar-refractivity contribution in [2.24, 2.45) is 0 Å². The van der Waals surface area contributed by atoms with E-state index in [1.54, 1.807) is 24.3 Å². The van der Waals surface area contributed by atoms with Crippen molar-refractivity contribution in [1.29, 1.82) is 0 Å². The van der Waals surface area contributed by atoms with Gasteiger partial charge in [-0.3, -0.25) is 0 Å². The number of rotatable bonds is 3. The number of benzene rings is 1. The predicted octanol–water partition coefficient (Wildman–Crippen LogP) is 0.831. The third-order valence-corrected chi connectivity index (χ3v) is 3.66. The van der Waals surface area contributed by atoms with Crippen LogP contribution in [0.15, 0.2) is 29.2 Å². The molecule has 0 radical (unpaired) electrons. The van der Waals surface area contributed by atoms with Crippen molar-refractivity contribution in [3.8, 4) is 5.75 Å². The first-order valence-electron chi connectivity index (χ1n) is 5.23. The van der Waals surface area contributed by atoms with Gasteiger partial charge in [-0.1, -0.05) is 6.07 Å². The molecule has 0 aliphatic carbocycles. The van der Waals surface area contributed by atoms with E-state index in [1.807, 2.05) is 0 Å². The van der Waals surface area contributed by atoms with Gasteiger partial charge in [0.1, 0.15) is 11.9 Å². The SMILES string of the molecule is CS(=O)(=O)c1cccc(O[C@H]2CCNC2)c1. The molecule has 1 heterocycles. The van der Waals surface area contributed by atoms with E-state index in [2.05, 4.69) is 5.32 Å². The summed E-state index contributed by atoms with van der Waals surface area (Å²) in [5, 5.41) is 3.19. The molecule has 4 nitrogen and oxygen atoms in total. The summed E-state index contributed by atoms with van der Waals surface area (Å²) in [6, 6.07) is 6.64. The Morgan fingerprint density at radius 2 is 2.25 bits per heavy atom. The molecule has 1 fully saturated rings. The van der Waals surface area contributed by atoms with Gasteiger partial charge in [-0.2, -0.15) is 0 Å². The second kappa shape index (κ2) is 4.43. The Morgan fingerprint density at radius 3 is 2.88 bits per heavy atom. The summed E-state index contributed by atoms with van der Waals surface area (Å²) < 4.78 is 28.4. The van der Waals surface area contributed by atoms with Crippen LogP contribution in [-0.2, 0) is 9.84 Å². The van der Waals surface area contributed by atoms with Crippen LogP contribution in [0.3, 0.4) is 0 Å². The third kappa shape index (κ3) is 2.74. The fourth-order valence-corrected chi connectivity index (χ4v) is 2.36. The topological polar surface area (TPSA) is 55.4 Å². The summed E-state index contributed by atoms with van der Waals surface area (Å²) >= 11 is 0. The first-order chi connectivity index (χ1) is 7.55. The summed E-state index contributed by atoms with van der Waals surface area (Å²) in [5.74, 6) is 0.622. The second-order valence-corrected chi connectivity index (χ2v) is 6.00. The standard InChI is InChI=1S/C11H15NO3S/c1-16(13,14)11-4-2-3-9(7-11)15-10-5-6-12-8-10/h2-4,7,10,12H,5-6,8H2,1H3/t10-/m0/s1. The van der Waals surface area contributed by atoms with E-state index < -0.39 is 9.84 Å². The van der Waals surface area contributed by atoms with Crippen molar-refractivity contribution in [3.63, 3.8) is 0 Å². The summed E-state index contributed by atoms with van der Waals surface area (Å²) in [5.41, 5.74) is 0. The lowest BCUT2D eigenvalue weighted by atomic mass is 10.3. The average molecular weight is 241 g/mol. The largest absolute Gasteiger partial charge is 0.489 e. The number of nitrogens with one attached hydrogen (secondary N) is 1. The maximum atomic E-state index is 11.4.